The minimum absolute atomic E-state index is 0.228. The second kappa shape index (κ2) is 18.6. The van der Waals surface area contributed by atoms with Gasteiger partial charge in [-0.1, -0.05) is 57.0 Å². The fourth-order valence-electron chi connectivity index (χ4n) is 1.93. The van der Waals surface area contributed by atoms with Crippen LogP contribution in [0.5, 0.6) is 0 Å². The molecule has 0 atom stereocenters. The molecule has 6 heteroatoms. The number of ketones is 5. The van der Waals surface area contributed by atoms with Gasteiger partial charge >= 0.3 is 0 Å². The van der Waals surface area contributed by atoms with Gasteiger partial charge in [0.15, 0.2) is 35.2 Å². The minimum atomic E-state index is -0.345. The molecule has 0 bridgehead atoms. The van der Waals surface area contributed by atoms with E-state index in [1.165, 1.54) is 13.8 Å². The van der Waals surface area contributed by atoms with Crippen molar-refractivity contribution in [1.29, 1.82) is 0 Å². The lowest BCUT2D eigenvalue weighted by Crippen LogP contribution is -2.08. The van der Waals surface area contributed by atoms with Crippen molar-refractivity contribution < 1.29 is 28.8 Å². The summed E-state index contributed by atoms with van der Waals surface area (Å²) in [5.41, 5.74) is 1.09. The van der Waals surface area contributed by atoms with Crippen LogP contribution >= 0.6 is 0 Å². The summed E-state index contributed by atoms with van der Waals surface area (Å²) < 4.78 is 0. The van der Waals surface area contributed by atoms with Crippen LogP contribution in [0.1, 0.15) is 71.8 Å². The summed E-state index contributed by atoms with van der Waals surface area (Å²) in [5.74, 6) is -1.51. The highest BCUT2D eigenvalue weighted by Crippen LogP contribution is 2.02. The number of aldehydes is 1. The minimum Gasteiger partial charge on any atom is -0.295 e. The predicted octanol–water partition coefficient (Wildman–Crippen LogP) is 3.67. The average molecular weight is 405 g/mol. The molecule has 0 spiro atoms. The lowest BCUT2D eigenvalue weighted by molar-refractivity contribution is -0.135. The first-order valence-electron chi connectivity index (χ1n) is 9.78. The molecule has 0 fully saturated rings. The fourth-order valence-corrected chi connectivity index (χ4v) is 1.93. The molecule has 0 aliphatic heterocycles. The third-order valence-corrected chi connectivity index (χ3v) is 3.75. The van der Waals surface area contributed by atoms with Crippen LogP contribution < -0.4 is 0 Å². The number of unbranched alkanes of at least 4 members (excludes halogenated alkanes) is 2. The first-order chi connectivity index (χ1) is 13.7. The van der Waals surface area contributed by atoms with Gasteiger partial charge in [-0.15, -0.1) is 0 Å². The highest BCUT2D eigenvalue weighted by Gasteiger charge is 2.05. The number of hydrogen-bond donors (Lipinski definition) is 0. The van der Waals surface area contributed by atoms with Gasteiger partial charge in [0, 0.05) is 33.1 Å². The van der Waals surface area contributed by atoms with E-state index in [2.05, 4.69) is 6.92 Å². The van der Waals surface area contributed by atoms with Gasteiger partial charge in [-0.2, -0.15) is 0 Å². The molecule has 0 unspecified atom stereocenters. The Morgan fingerprint density at radius 2 is 1.34 bits per heavy atom. The first-order valence-corrected chi connectivity index (χ1v) is 9.78. The molecule has 0 heterocycles. The van der Waals surface area contributed by atoms with Crippen molar-refractivity contribution in [2.24, 2.45) is 0 Å². The van der Waals surface area contributed by atoms with Crippen molar-refractivity contribution in [2.45, 2.75) is 72.6 Å². The predicted molar refractivity (Wildman–Crippen MR) is 112 cm³/mol. The molecule has 1 rings (SSSR count). The Morgan fingerprint density at radius 1 is 0.793 bits per heavy atom. The molecule has 0 saturated carbocycles. The summed E-state index contributed by atoms with van der Waals surface area (Å²) in [6.45, 7) is 6.35. The van der Waals surface area contributed by atoms with E-state index in [0.717, 1.165) is 24.8 Å². The van der Waals surface area contributed by atoms with Crippen molar-refractivity contribution in [3.8, 4) is 0 Å². The molecule has 0 aromatic heterocycles. The van der Waals surface area contributed by atoms with Gasteiger partial charge in [0.1, 0.15) is 0 Å². The summed E-state index contributed by atoms with van der Waals surface area (Å²) in [6.07, 6.45) is 5.09. The lowest BCUT2D eigenvalue weighted by atomic mass is 10.1. The molecule has 29 heavy (non-hydrogen) atoms. The number of carbonyl (C=O) groups excluding carboxylic acids is 6. The average Bonchev–Trinajstić information content (AvgIpc) is 2.72. The van der Waals surface area contributed by atoms with Crippen molar-refractivity contribution in [1.82, 2.24) is 0 Å². The Hall–Kier alpha value is -2.76. The number of benzene rings is 1. The number of rotatable bonds is 11. The summed E-state index contributed by atoms with van der Waals surface area (Å²) in [4.78, 5) is 61.8. The zero-order valence-corrected chi connectivity index (χ0v) is 17.9. The van der Waals surface area contributed by atoms with E-state index in [-0.39, 0.29) is 28.9 Å². The van der Waals surface area contributed by atoms with Crippen LogP contribution in [0.25, 0.3) is 0 Å². The fraction of sp³-hybridized carbons (Fsp3) is 0.478. The van der Waals surface area contributed by atoms with Crippen molar-refractivity contribution >= 4 is 35.2 Å². The van der Waals surface area contributed by atoms with E-state index < -0.39 is 0 Å². The second-order valence-electron chi connectivity index (χ2n) is 6.34. The van der Waals surface area contributed by atoms with Crippen LogP contribution in [0.3, 0.4) is 0 Å². The van der Waals surface area contributed by atoms with Crippen LogP contribution in [0.15, 0.2) is 30.3 Å². The second-order valence-corrected chi connectivity index (χ2v) is 6.34. The molecule has 0 radical (unpaired) electrons. The van der Waals surface area contributed by atoms with Gasteiger partial charge in [-0.3, -0.25) is 28.8 Å². The molecule has 0 N–H and O–H groups in total. The topological polar surface area (TPSA) is 102 Å². The highest BCUT2D eigenvalue weighted by molar-refractivity contribution is 6.36. The zero-order valence-electron chi connectivity index (χ0n) is 17.9. The Bertz CT molecular complexity index is 661. The Kier molecular flexibility index (Phi) is 18.2. The number of aryl methyl sites for hydroxylation is 1. The van der Waals surface area contributed by atoms with Crippen LogP contribution in [0, 0.1) is 0 Å². The molecular formula is C23H32O6. The maximum atomic E-state index is 10.7. The van der Waals surface area contributed by atoms with Crippen LogP contribution in [0.4, 0.5) is 0 Å². The van der Waals surface area contributed by atoms with Crippen LogP contribution in [0.2, 0.25) is 0 Å². The normalized spacial score (nSPS) is 9.10. The summed E-state index contributed by atoms with van der Waals surface area (Å²) in [5, 5.41) is 0. The number of Topliss-reactive ketones (excluding diaryl/α,β-unsaturated/α-hetero) is 5. The van der Waals surface area contributed by atoms with Crippen molar-refractivity contribution in [3.05, 3.63) is 35.9 Å². The first kappa shape index (κ1) is 28.4. The third kappa shape index (κ3) is 18.4. The van der Waals surface area contributed by atoms with Crippen LogP contribution in [-0.4, -0.2) is 35.2 Å². The van der Waals surface area contributed by atoms with E-state index in [1.807, 2.05) is 30.3 Å². The summed E-state index contributed by atoms with van der Waals surface area (Å²) in [6, 6.07) is 9.64. The molecular weight excluding hydrogens is 372 g/mol. The SMILES string of the molecule is CCC(=O)C(C)=O.CCCCCC(=O)C(C)=O.O=CC(=O)CCc1ccccc1. The molecule has 0 aliphatic rings. The molecule has 0 amide bonds. The molecule has 160 valence electrons. The van der Waals surface area contributed by atoms with E-state index in [0.29, 0.717) is 32.0 Å². The van der Waals surface area contributed by atoms with E-state index in [1.54, 1.807) is 6.92 Å². The Balaban J connectivity index is 0. The van der Waals surface area contributed by atoms with Gasteiger partial charge in [0.05, 0.1) is 0 Å². The largest absolute Gasteiger partial charge is 0.295 e. The molecule has 1 aromatic carbocycles. The van der Waals surface area contributed by atoms with E-state index in [9.17, 15) is 28.8 Å². The maximum Gasteiger partial charge on any atom is 0.198 e. The lowest BCUT2D eigenvalue weighted by Gasteiger charge is -1.95. The summed E-state index contributed by atoms with van der Waals surface area (Å²) in [7, 11) is 0. The van der Waals surface area contributed by atoms with E-state index >= 15 is 0 Å². The highest BCUT2D eigenvalue weighted by atomic mass is 16.2. The van der Waals surface area contributed by atoms with Gasteiger partial charge in [-0.25, -0.2) is 0 Å². The van der Waals surface area contributed by atoms with Gasteiger partial charge in [0.25, 0.3) is 0 Å². The Labute approximate surface area is 173 Å². The zero-order chi connectivity index (χ0) is 22.7. The van der Waals surface area contributed by atoms with Crippen molar-refractivity contribution in [3.63, 3.8) is 0 Å². The van der Waals surface area contributed by atoms with Gasteiger partial charge in [0.2, 0.25) is 0 Å². The molecule has 6 nitrogen and oxygen atoms in total. The third-order valence-electron chi connectivity index (χ3n) is 3.75. The van der Waals surface area contributed by atoms with Crippen LogP contribution in [-0.2, 0) is 35.2 Å². The quantitative estimate of drug-likeness (QED) is 0.317. The maximum absolute atomic E-state index is 10.7. The van der Waals surface area contributed by atoms with Crippen molar-refractivity contribution in [2.75, 3.05) is 0 Å². The van der Waals surface area contributed by atoms with Gasteiger partial charge in [-0.05, 0) is 18.4 Å². The molecule has 0 aliphatic carbocycles. The standard InChI is InChI=1S/C10H10O2.C8H14O2.C5H8O2/c11-8-10(12)7-6-9-4-2-1-3-5-9;1-3-4-5-6-8(10)7(2)9;1-3-5(7)4(2)6/h1-5,8H,6-7H2;3-6H2,1-2H3;3H2,1-2H3. The number of hydrogen-bond acceptors (Lipinski definition) is 6. The Morgan fingerprint density at radius 3 is 1.72 bits per heavy atom. The smallest absolute Gasteiger partial charge is 0.198 e. The molecule has 0 saturated heterocycles. The summed E-state index contributed by atoms with van der Waals surface area (Å²) >= 11 is 0. The monoisotopic (exact) mass is 404 g/mol. The molecule has 1 aromatic rings. The van der Waals surface area contributed by atoms with Gasteiger partial charge < -0.3 is 0 Å². The number of carbonyl (C=O) groups is 6. The van der Waals surface area contributed by atoms with E-state index in [4.69, 9.17) is 0 Å².